The minimum atomic E-state index is -0.494. The average Bonchev–Trinajstić information content (AvgIpc) is 2.98. The van der Waals surface area contributed by atoms with Gasteiger partial charge in [0.2, 0.25) is 5.91 Å². The molecule has 38 heavy (non-hydrogen) atoms. The molecule has 0 aromatic heterocycles. The van der Waals surface area contributed by atoms with Crippen LogP contribution in [0.4, 0.5) is 0 Å². The highest BCUT2D eigenvalue weighted by Gasteiger charge is 2.69. The molecule has 3 saturated carbocycles. The molecule has 0 spiro atoms. The van der Waals surface area contributed by atoms with Gasteiger partial charge in [0.05, 0.1) is 11.0 Å². The first kappa shape index (κ1) is 27.4. The molecule has 5 aliphatic carbocycles. The van der Waals surface area contributed by atoms with E-state index in [-0.39, 0.29) is 63.0 Å². The second-order valence-corrected chi connectivity index (χ2v) is 14.8. The van der Waals surface area contributed by atoms with Gasteiger partial charge in [0.15, 0.2) is 11.6 Å². The molecule has 1 N–H and O–H groups in total. The van der Waals surface area contributed by atoms with E-state index in [1.165, 1.54) is 0 Å². The fourth-order valence-electron chi connectivity index (χ4n) is 10.3. The lowest BCUT2D eigenvalue weighted by atomic mass is 9.36. The Morgan fingerprint density at radius 3 is 2.42 bits per heavy atom. The minimum Gasteiger partial charge on any atom is -0.356 e. The smallest absolute Gasteiger partial charge is 0.226 e. The van der Waals surface area contributed by atoms with Gasteiger partial charge < -0.3 is 5.32 Å². The van der Waals surface area contributed by atoms with Crippen LogP contribution < -0.4 is 5.32 Å². The molecule has 5 nitrogen and oxygen atoms in total. The maximum Gasteiger partial charge on any atom is 0.226 e. The Kier molecular flexibility index (Phi) is 6.22. The monoisotopic (exact) mass is 518 g/mol. The number of carbonyl (C=O) groups is 3. The van der Waals surface area contributed by atoms with E-state index >= 15 is 0 Å². The SMILES string of the molecule is CCNC(=O)[C@]12CCCC(C)(C)CC1C1C(=O)C=C3[C@@]4(C)C=C(C#N)C(=O)[C@@H](C)[C@@H]4CC[C@@]3(C)[C@]1(C)CC2. The summed E-state index contributed by atoms with van der Waals surface area (Å²) in [6, 6.07) is 2.16. The topological polar surface area (TPSA) is 87.0 Å². The maximum absolute atomic E-state index is 14.5. The first-order valence-electron chi connectivity index (χ1n) is 14.9. The van der Waals surface area contributed by atoms with E-state index in [9.17, 15) is 19.6 Å². The summed E-state index contributed by atoms with van der Waals surface area (Å²) in [5.41, 5.74) is -0.0686. The maximum atomic E-state index is 14.5. The molecule has 0 aliphatic heterocycles. The van der Waals surface area contributed by atoms with Crippen molar-refractivity contribution in [1.29, 1.82) is 5.26 Å². The van der Waals surface area contributed by atoms with Gasteiger partial charge in [0.25, 0.3) is 0 Å². The van der Waals surface area contributed by atoms with Gasteiger partial charge in [-0.2, -0.15) is 5.26 Å². The highest BCUT2D eigenvalue weighted by atomic mass is 16.2. The van der Waals surface area contributed by atoms with Crippen LogP contribution in [0.5, 0.6) is 0 Å². The van der Waals surface area contributed by atoms with Crippen molar-refractivity contribution in [1.82, 2.24) is 5.32 Å². The largest absolute Gasteiger partial charge is 0.356 e. The van der Waals surface area contributed by atoms with Gasteiger partial charge in [0, 0.05) is 23.8 Å². The van der Waals surface area contributed by atoms with Gasteiger partial charge in [-0.05, 0) is 86.0 Å². The predicted octanol–water partition coefficient (Wildman–Crippen LogP) is 6.34. The summed E-state index contributed by atoms with van der Waals surface area (Å²) in [6.07, 6.45) is 11.2. The first-order chi connectivity index (χ1) is 17.7. The van der Waals surface area contributed by atoms with E-state index in [1.807, 2.05) is 26.0 Å². The van der Waals surface area contributed by atoms with Crippen LogP contribution in [-0.2, 0) is 14.4 Å². The highest BCUT2D eigenvalue weighted by molar-refractivity contribution is 6.02. The molecule has 3 fully saturated rings. The second kappa shape index (κ2) is 8.64. The zero-order valence-corrected chi connectivity index (χ0v) is 24.5. The molecule has 5 aliphatic rings. The van der Waals surface area contributed by atoms with Crippen LogP contribution in [0.25, 0.3) is 0 Å². The summed E-state index contributed by atoms with van der Waals surface area (Å²) >= 11 is 0. The number of rotatable bonds is 2. The molecule has 1 amide bonds. The van der Waals surface area contributed by atoms with Crippen molar-refractivity contribution in [3.8, 4) is 6.07 Å². The van der Waals surface area contributed by atoms with Crippen LogP contribution in [0.3, 0.4) is 0 Å². The van der Waals surface area contributed by atoms with Crippen LogP contribution in [0, 0.1) is 62.1 Å². The first-order valence-corrected chi connectivity index (χ1v) is 14.9. The molecule has 0 aromatic carbocycles. The van der Waals surface area contributed by atoms with Crippen LogP contribution in [0.15, 0.2) is 23.3 Å². The van der Waals surface area contributed by atoms with E-state index in [2.05, 4.69) is 46.0 Å². The lowest BCUT2D eigenvalue weighted by Crippen LogP contribution is -2.65. The molecule has 8 atom stereocenters. The molecule has 0 bridgehead atoms. The van der Waals surface area contributed by atoms with Crippen molar-refractivity contribution in [2.45, 2.75) is 99.8 Å². The Labute approximate surface area is 228 Å². The van der Waals surface area contributed by atoms with E-state index in [0.29, 0.717) is 6.54 Å². The predicted molar refractivity (Wildman–Crippen MR) is 148 cm³/mol. The number of allylic oxidation sites excluding steroid dienone is 4. The van der Waals surface area contributed by atoms with E-state index in [4.69, 9.17) is 0 Å². The normalized spacial score (nSPS) is 45.6. The number of ketones is 2. The van der Waals surface area contributed by atoms with E-state index in [1.54, 1.807) is 0 Å². The van der Waals surface area contributed by atoms with Crippen molar-refractivity contribution in [3.05, 3.63) is 23.3 Å². The van der Waals surface area contributed by atoms with Crippen LogP contribution in [0.1, 0.15) is 99.8 Å². The number of hydrogen-bond donors (Lipinski definition) is 1. The Morgan fingerprint density at radius 1 is 1.05 bits per heavy atom. The molecular weight excluding hydrogens is 472 g/mol. The highest BCUT2D eigenvalue weighted by Crippen LogP contribution is 2.73. The van der Waals surface area contributed by atoms with Crippen molar-refractivity contribution in [2.24, 2.45) is 50.7 Å². The van der Waals surface area contributed by atoms with Gasteiger partial charge in [0.1, 0.15) is 6.07 Å². The van der Waals surface area contributed by atoms with Gasteiger partial charge >= 0.3 is 0 Å². The summed E-state index contributed by atoms with van der Waals surface area (Å²) in [5, 5.41) is 13.0. The van der Waals surface area contributed by atoms with Crippen molar-refractivity contribution < 1.29 is 14.4 Å². The number of carbonyl (C=O) groups excluding carboxylic acids is 3. The van der Waals surface area contributed by atoms with Gasteiger partial charge in [-0.25, -0.2) is 0 Å². The molecule has 2 unspecified atom stereocenters. The van der Waals surface area contributed by atoms with Gasteiger partial charge in [-0.1, -0.05) is 59.6 Å². The number of Topliss-reactive ketones (excluding diaryl/α,β-unsaturated/α-hetero) is 1. The molecule has 5 rings (SSSR count). The fourth-order valence-corrected chi connectivity index (χ4v) is 10.3. The van der Waals surface area contributed by atoms with E-state index < -0.39 is 10.8 Å². The average molecular weight is 519 g/mol. The summed E-state index contributed by atoms with van der Waals surface area (Å²) in [5.74, 6) is -0.0826. The molecular formula is C33H46N2O3. The number of amides is 1. The lowest BCUT2D eigenvalue weighted by Gasteiger charge is -2.67. The zero-order chi connectivity index (χ0) is 27.9. The third-order valence-corrected chi connectivity index (χ3v) is 12.5. The summed E-state index contributed by atoms with van der Waals surface area (Å²) in [4.78, 5) is 41.3. The molecule has 206 valence electrons. The Morgan fingerprint density at radius 2 is 1.76 bits per heavy atom. The second-order valence-electron chi connectivity index (χ2n) is 14.8. The summed E-state index contributed by atoms with van der Waals surface area (Å²) < 4.78 is 0. The van der Waals surface area contributed by atoms with Gasteiger partial charge in [-0.3, -0.25) is 14.4 Å². The Hall–Kier alpha value is -2.22. The number of nitrogens with one attached hydrogen (secondary N) is 1. The number of nitrogens with zero attached hydrogens (tertiary/aromatic N) is 1. The lowest BCUT2D eigenvalue weighted by molar-refractivity contribution is -0.168. The fraction of sp³-hybridized carbons (Fsp3) is 0.758. The number of fused-ring (bicyclic) bond motifs is 7. The van der Waals surface area contributed by atoms with Crippen LogP contribution in [0.2, 0.25) is 0 Å². The molecule has 0 radical (unpaired) electrons. The van der Waals surface area contributed by atoms with Crippen LogP contribution in [-0.4, -0.2) is 24.0 Å². The summed E-state index contributed by atoms with van der Waals surface area (Å²) in [7, 11) is 0. The third kappa shape index (κ3) is 3.44. The van der Waals surface area contributed by atoms with Crippen LogP contribution >= 0.6 is 0 Å². The molecule has 0 aromatic rings. The van der Waals surface area contributed by atoms with Crippen molar-refractivity contribution in [2.75, 3.05) is 6.54 Å². The quantitative estimate of drug-likeness (QED) is 0.462. The molecule has 5 heteroatoms. The Bertz CT molecular complexity index is 1190. The minimum absolute atomic E-state index is 0.00928. The zero-order valence-electron chi connectivity index (χ0n) is 24.5. The molecule has 0 saturated heterocycles. The van der Waals surface area contributed by atoms with Crippen molar-refractivity contribution >= 4 is 17.5 Å². The number of hydrogen-bond acceptors (Lipinski definition) is 4. The standard InChI is InChI=1S/C33H46N2O3/c1-8-35-28(38)33-12-9-11-29(3,4)18-23(33)26-24(36)16-25-30(5)17-21(19-34)27(37)20(2)22(30)10-13-31(25,6)32(26,7)14-15-33/h16-17,20,22-23,26H,8-15,18H2,1-7H3,(H,35,38)/t20-,22-,23?,26?,30-,31+,32+,33-/m0/s1. The Balaban J connectivity index is 1.69. The molecule has 0 heterocycles. The van der Waals surface area contributed by atoms with E-state index in [0.717, 1.165) is 56.9 Å². The third-order valence-electron chi connectivity index (χ3n) is 12.5. The summed E-state index contributed by atoms with van der Waals surface area (Å²) in [6.45, 7) is 16.0. The van der Waals surface area contributed by atoms with Crippen molar-refractivity contribution in [3.63, 3.8) is 0 Å². The number of nitriles is 1. The van der Waals surface area contributed by atoms with Gasteiger partial charge in [-0.15, -0.1) is 0 Å².